The van der Waals surface area contributed by atoms with Crippen molar-refractivity contribution >= 4 is 41.1 Å². The van der Waals surface area contributed by atoms with Crippen molar-refractivity contribution in [2.24, 2.45) is 11.3 Å². The molecule has 4 saturated heterocycles. The first-order valence-electron chi connectivity index (χ1n) is 12.1. The summed E-state index contributed by atoms with van der Waals surface area (Å²) in [6.45, 7) is 8.68. The van der Waals surface area contributed by atoms with Gasteiger partial charge in [-0.25, -0.2) is 0 Å². The zero-order valence-corrected chi connectivity index (χ0v) is 20.6. The molecule has 6 aliphatic heterocycles. The molecule has 1 unspecified atom stereocenters. The Kier molecular flexibility index (Phi) is 3.45. The van der Waals surface area contributed by atoms with Crippen molar-refractivity contribution in [2.45, 2.75) is 75.5 Å². The van der Waals surface area contributed by atoms with Gasteiger partial charge in [-0.15, -0.1) is 0 Å². The molecule has 1 saturated carbocycles. The molecule has 4 atom stereocenters. The molecule has 3 spiro atoms. The minimum absolute atomic E-state index is 0.0268. The number of nitrogens with one attached hydrogen (secondary N) is 2. The molecule has 0 radical (unpaired) electrons. The highest BCUT2D eigenvalue weighted by molar-refractivity contribution is 6.33. The highest BCUT2D eigenvalue weighted by Crippen LogP contribution is 2.71. The Morgan fingerprint density at radius 1 is 1.15 bits per heavy atom. The number of nitrogens with zero attached hydrogens (tertiary/aromatic N) is 1. The Labute approximate surface area is 203 Å². The summed E-state index contributed by atoms with van der Waals surface area (Å²) < 4.78 is 6.15. The van der Waals surface area contributed by atoms with Crippen LogP contribution < -0.4 is 15.4 Å². The average Bonchev–Trinajstić information content (AvgIpc) is 3.37. The Morgan fingerprint density at radius 3 is 2.68 bits per heavy atom. The molecule has 2 N–H and O–H groups in total. The number of fused-ring (bicyclic) bond motifs is 5. The number of benzene rings is 1. The molecule has 7 aliphatic rings. The molecule has 1 aliphatic carbocycles. The molecule has 34 heavy (non-hydrogen) atoms. The minimum Gasteiger partial charge on any atom is -0.482 e. The standard InChI is InChI=1S/C26H28ClN3O4/c1-22(2)8-6-13-17-14(10-15(27)18(13)34-22)25(20(32)28-17)12-26-16(23(25,3)4)11-24(19(31)29-26)7-5-9-30(24)21(26)33/h6,8,10,16H,5,7,9,11-12H2,1-4H3,(H,28,32)(H,29,31)/t16-,24?,25+,26-/m0/s1. The molecular formula is C26H28ClN3O4. The lowest BCUT2D eigenvalue weighted by Gasteiger charge is -2.59. The number of hydrogen-bond acceptors (Lipinski definition) is 4. The van der Waals surface area contributed by atoms with Gasteiger partial charge >= 0.3 is 0 Å². The van der Waals surface area contributed by atoms with Gasteiger partial charge < -0.3 is 20.3 Å². The summed E-state index contributed by atoms with van der Waals surface area (Å²) in [5.41, 5.74) is -1.70. The van der Waals surface area contributed by atoms with Crippen LogP contribution in [-0.2, 0) is 19.8 Å². The van der Waals surface area contributed by atoms with E-state index < -0.39 is 27.5 Å². The second-order valence-corrected chi connectivity index (χ2v) is 12.5. The molecule has 2 bridgehead atoms. The number of hydrogen-bond donors (Lipinski definition) is 2. The van der Waals surface area contributed by atoms with Crippen molar-refractivity contribution < 1.29 is 19.1 Å². The van der Waals surface area contributed by atoms with E-state index in [-0.39, 0.29) is 30.1 Å². The molecule has 5 fully saturated rings. The number of carbonyl (C=O) groups excluding carboxylic acids is 3. The van der Waals surface area contributed by atoms with E-state index in [1.807, 2.05) is 37.0 Å². The number of halogens is 1. The monoisotopic (exact) mass is 481 g/mol. The van der Waals surface area contributed by atoms with Crippen molar-refractivity contribution in [3.63, 3.8) is 0 Å². The summed E-state index contributed by atoms with van der Waals surface area (Å²) in [7, 11) is 0. The number of piperazine rings is 1. The minimum atomic E-state index is -1.08. The number of amides is 3. The van der Waals surface area contributed by atoms with E-state index in [2.05, 4.69) is 24.5 Å². The van der Waals surface area contributed by atoms with Crippen molar-refractivity contribution in [1.29, 1.82) is 0 Å². The van der Waals surface area contributed by atoms with Crippen molar-refractivity contribution in [3.8, 4) is 5.75 Å². The smallest absolute Gasteiger partial charge is 0.249 e. The Bertz CT molecular complexity index is 1290. The van der Waals surface area contributed by atoms with Gasteiger partial charge in [0, 0.05) is 18.0 Å². The summed E-state index contributed by atoms with van der Waals surface area (Å²) in [6, 6.07) is 1.84. The van der Waals surface area contributed by atoms with E-state index in [4.69, 9.17) is 16.3 Å². The van der Waals surface area contributed by atoms with Gasteiger partial charge in [-0.1, -0.05) is 25.4 Å². The van der Waals surface area contributed by atoms with Gasteiger partial charge in [0.05, 0.1) is 16.1 Å². The van der Waals surface area contributed by atoms with Crippen LogP contribution in [0.25, 0.3) is 6.08 Å². The fourth-order valence-electron chi connectivity index (χ4n) is 8.26. The number of rotatable bonds is 0. The zero-order valence-electron chi connectivity index (χ0n) is 19.8. The van der Waals surface area contributed by atoms with E-state index in [1.165, 1.54) is 0 Å². The summed E-state index contributed by atoms with van der Waals surface area (Å²) >= 11 is 6.77. The van der Waals surface area contributed by atoms with Crippen LogP contribution in [0.1, 0.15) is 64.5 Å². The maximum atomic E-state index is 14.0. The Morgan fingerprint density at radius 2 is 1.91 bits per heavy atom. The number of ether oxygens (including phenoxy) is 1. The van der Waals surface area contributed by atoms with Crippen LogP contribution in [0.3, 0.4) is 0 Å². The lowest BCUT2D eigenvalue weighted by Crippen LogP contribution is -2.81. The third-order valence-corrected chi connectivity index (χ3v) is 10.2. The van der Waals surface area contributed by atoms with Crippen LogP contribution in [0.15, 0.2) is 12.1 Å². The van der Waals surface area contributed by atoms with E-state index in [9.17, 15) is 14.4 Å². The molecule has 1 aromatic rings. The maximum Gasteiger partial charge on any atom is 0.249 e. The van der Waals surface area contributed by atoms with Gasteiger partial charge in [-0.05, 0) is 68.7 Å². The van der Waals surface area contributed by atoms with E-state index in [1.54, 1.807) is 0 Å². The Balaban J connectivity index is 1.46. The van der Waals surface area contributed by atoms with Crippen molar-refractivity contribution in [2.75, 3.05) is 11.9 Å². The third-order valence-electron chi connectivity index (χ3n) is 9.90. The predicted octanol–water partition coefficient (Wildman–Crippen LogP) is 3.39. The summed E-state index contributed by atoms with van der Waals surface area (Å²) in [4.78, 5) is 43.1. The number of carbonyl (C=O) groups is 3. The molecule has 8 rings (SSSR count). The first-order valence-corrected chi connectivity index (χ1v) is 12.5. The quantitative estimate of drug-likeness (QED) is 0.594. The van der Waals surface area contributed by atoms with Crippen LogP contribution in [0.5, 0.6) is 5.75 Å². The topological polar surface area (TPSA) is 87.7 Å². The lowest BCUT2D eigenvalue weighted by atomic mass is 9.57. The van der Waals surface area contributed by atoms with E-state index in [0.29, 0.717) is 35.8 Å². The third kappa shape index (κ3) is 1.96. The first kappa shape index (κ1) is 20.8. The summed E-state index contributed by atoms with van der Waals surface area (Å²) in [5.74, 6) is 0.177. The fraction of sp³-hybridized carbons (Fsp3) is 0.577. The van der Waals surface area contributed by atoms with Gasteiger partial charge in [-0.3, -0.25) is 14.4 Å². The van der Waals surface area contributed by atoms with Crippen molar-refractivity contribution in [1.82, 2.24) is 10.2 Å². The largest absolute Gasteiger partial charge is 0.482 e. The van der Waals surface area contributed by atoms with Crippen LogP contribution in [0, 0.1) is 11.3 Å². The summed E-state index contributed by atoms with van der Waals surface area (Å²) in [5, 5.41) is 6.76. The molecule has 0 aromatic heterocycles. The van der Waals surface area contributed by atoms with Gasteiger partial charge in [-0.2, -0.15) is 0 Å². The van der Waals surface area contributed by atoms with Crippen molar-refractivity contribution in [3.05, 3.63) is 28.3 Å². The van der Waals surface area contributed by atoms with Crippen LogP contribution in [0.2, 0.25) is 5.02 Å². The zero-order chi connectivity index (χ0) is 24.1. The molecule has 6 heterocycles. The van der Waals surface area contributed by atoms with Crippen LogP contribution in [0.4, 0.5) is 5.69 Å². The highest BCUT2D eigenvalue weighted by Gasteiger charge is 2.80. The van der Waals surface area contributed by atoms with Gasteiger partial charge in [0.25, 0.3) is 0 Å². The second kappa shape index (κ2) is 5.64. The predicted molar refractivity (Wildman–Crippen MR) is 127 cm³/mol. The molecule has 8 heteroatoms. The average molecular weight is 482 g/mol. The fourth-order valence-corrected chi connectivity index (χ4v) is 8.51. The second-order valence-electron chi connectivity index (χ2n) is 12.1. The summed E-state index contributed by atoms with van der Waals surface area (Å²) in [6.07, 6.45) is 6.27. The molecule has 178 valence electrons. The normalized spacial score (nSPS) is 39.4. The highest BCUT2D eigenvalue weighted by atomic mass is 35.5. The molecule has 1 aromatic carbocycles. The maximum absolute atomic E-state index is 14.0. The van der Waals surface area contributed by atoms with Crippen LogP contribution >= 0.6 is 11.6 Å². The van der Waals surface area contributed by atoms with Gasteiger partial charge in [0.15, 0.2) is 0 Å². The SMILES string of the molecule is CC1(C)C=Cc2c3c(cc(Cl)c2O1)[C@]1(C[C@@]24NC(=O)C5(CCCN5C2=O)C[C@H]4C1(C)C)C(=O)N3. The first-order chi connectivity index (χ1) is 15.9. The van der Waals surface area contributed by atoms with Crippen LogP contribution in [-0.4, -0.2) is 45.8 Å². The van der Waals surface area contributed by atoms with E-state index >= 15 is 0 Å². The van der Waals surface area contributed by atoms with Gasteiger partial charge in [0.2, 0.25) is 17.7 Å². The lowest BCUT2D eigenvalue weighted by molar-refractivity contribution is -0.175. The number of piperidine rings is 2. The number of anilines is 1. The van der Waals surface area contributed by atoms with E-state index in [0.717, 1.165) is 17.5 Å². The van der Waals surface area contributed by atoms with Gasteiger partial charge in [0.1, 0.15) is 22.4 Å². The molecule has 3 amide bonds. The molecular weight excluding hydrogens is 454 g/mol. The Hall–Kier alpha value is -2.54. The molecule has 7 nitrogen and oxygen atoms in total.